The Balaban J connectivity index is -0.0000000457. The molecule has 0 N–H and O–H groups in total. The molecule has 0 heterocycles. The van der Waals surface area contributed by atoms with Crippen LogP contribution in [0.5, 0.6) is 0 Å². The number of aliphatic carboxylic acids is 2. The van der Waals surface area contributed by atoms with E-state index in [0.717, 1.165) is 0 Å². The molecule has 0 amide bonds. The van der Waals surface area contributed by atoms with Crippen molar-refractivity contribution in [2.75, 3.05) is 0 Å². The summed E-state index contributed by atoms with van der Waals surface area (Å²) in [6.07, 6.45) is -0.556. The van der Waals surface area contributed by atoms with E-state index in [1.54, 1.807) is 0 Å². The summed E-state index contributed by atoms with van der Waals surface area (Å²) >= 11 is 0. The Bertz CT molecular complexity index is 138. The fourth-order valence-electron chi connectivity index (χ4n) is 0. The second-order valence-corrected chi connectivity index (χ2v) is 0.874. The normalized spacial score (nSPS) is 5.33. The molecular weight excluding hydrogens is 190 g/mol. The minimum Gasteiger partial charge on any atom is -0.542 e. The van der Waals surface area contributed by atoms with Crippen molar-refractivity contribution in [2.45, 2.75) is 0 Å². The second-order valence-electron chi connectivity index (χ2n) is 0.874. The first kappa shape index (κ1) is 22.8. The van der Waals surface area contributed by atoms with Crippen LogP contribution in [0.3, 0.4) is 0 Å². The number of aldehydes is 2. The number of rotatable bonds is 2. The second kappa shape index (κ2) is 17.4. The van der Waals surface area contributed by atoms with Crippen LogP contribution in [0.2, 0.25) is 0 Å². The van der Waals surface area contributed by atoms with Gasteiger partial charge in [-0.2, -0.15) is 0 Å². The smallest absolute Gasteiger partial charge is 0.542 e. The Morgan fingerprint density at radius 3 is 0.917 bits per heavy atom. The maximum Gasteiger partial charge on any atom is 1.00 e. The van der Waals surface area contributed by atoms with Gasteiger partial charge in [0, 0.05) is 0 Å². The van der Waals surface area contributed by atoms with E-state index in [4.69, 9.17) is 29.4 Å². The topological polar surface area (TPSA) is 114 Å². The van der Waals surface area contributed by atoms with Gasteiger partial charge < -0.3 is 19.8 Å². The SMILES string of the molecule is O=CC(=O)[O-].O=CC(=O)[O-].[Na+].[Na+]. The summed E-state index contributed by atoms with van der Waals surface area (Å²) in [6.45, 7) is 0. The number of carboxylic acid groups (broad SMARTS) is 2. The van der Waals surface area contributed by atoms with Crippen LogP contribution in [0.15, 0.2) is 0 Å². The molecule has 0 aromatic carbocycles. The number of carboxylic acids is 2. The molecule has 0 saturated heterocycles. The Hall–Kier alpha value is 0.280. The predicted octanol–water partition coefficient (Wildman–Crippen LogP) is -10.1. The fourth-order valence-corrected chi connectivity index (χ4v) is 0. The van der Waals surface area contributed by atoms with Crippen LogP contribution >= 0.6 is 0 Å². The third kappa shape index (κ3) is 48.3. The van der Waals surface area contributed by atoms with Gasteiger partial charge in [-0.1, -0.05) is 0 Å². The number of carbonyl (C=O) groups is 4. The fraction of sp³-hybridized carbons (Fsp3) is 0. The largest absolute Gasteiger partial charge is 1.00 e. The molecule has 12 heavy (non-hydrogen) atoms. The van der Waals surface area contributed by atoms with Gasteiger partial charge in [0.05, 0.1) is 0 Å². The van der Waals surface area contributed by atoms with Crippen molar-refractivity contribution >= 4 is 24.5 Å². The average Bonchev–Trinajstić information content (AvgIpc) is 1.89. The predicted molar refractivity (Wildman–Crippen MR) is 22.1 cm³/mol. The van der Waals surface area contributed by atoms with E-state index in [0.29, 0.717) is 0 Å². The van der Waals surface area contributed by atoms with Crippen LogP contribution in [-0.2, 0) is 19.2 Å². The molecule has 0 unspecified atom stereocenters. The van der Waals surface area contributed by atoms with E-state index in [2.05, 4.69) is 0 Å². The summed E-state index contributed by atoms with van der Waals surface area (Å²) in [5.41, 5.74) is 0. The first-order valence-electron chi connectivity index (χ1n) is 1.87. The van der Waals surface area contributed by atoms with E-state index in [1.807, 2.05) is 0 Å². The van der Waals surface area contributed by atoms with Crippen molar-refractivity contribution in [3.8, 4) is 0 Å². The molecule has 6 nitrogen and oxygen atoms in total. The number of hydrogen-bond donors (Lipinski definition) is 0. The van der Waals surface area contributed by atoms with E-state index < -0.39 is 11.9 Å². The van der Waals surface area contributed by atoms with Crippen molar-refractivity contribution < 1.29 is 88.5 Å². The van der Waals surface area contributed by atoms with Crippen molar-refractivity contribution in [1.82, 2.24) is 0 Å². The molecule has 0 radical (unpaired) electrons. The van der Waals surface area contributed by atoms with Crippen molar-refractivity contribution in [3.05, 3.63) is 0 Å². The van der Waals surface area contributed by atoms with Crippen LogP contribution in [0, 0.1) is 0 Å². The quantitative estimate of drug-likeness (QED) is 0.244. The van der Waals surface area contributed by atoms with E-state index in [1.165, 1.54) is 0 Å². The third-order valence-electron chi connectivity index (χ3n) is 0.192. The summed E-state index contributed by atoms with van der Waals surface area (Å²) in [5, 5.41) is 17.8. The summed E-state index contributed by atoms with van der Waals surface area (Å²) in [6, 6.07) is 0. The summed E-state index contributed by atoms with van der Waals surface area (Å²) < 4.78 is 0. The standard InChI is InChI=1S/2C2H2O3.2Na/c2*3-1-2(4)5;;/h2*1H,(H,4,5);;/q;;2*+1/p-2. The van der Waals surface area contributed by atoms with Gasteiger partial charge in [-0.25, -0.2) is 0 Å². The van der Waals surface area contributed by atoms with Gasteiger partial charge >= 0.3 is 59.1 Å². The summed E-state index contributed by atoms with van der Waals surface area (Å²) in [5.74, 6) is -3.35. The molecule has 0 fully saturated rings. The Morgan fingerprint density at radius 1 is 0.833 bits per heavy atom. The monoisotopic (exact) mass is 192 g/mol. The van der Waals surface area contributed by atoms with Crippen LogP contribution < -0.4 is 69.3 Å². The van der Waals surface area contributed by atoms with E-state index in [-0.39, 0.29) is 71.7 Å². The van der Waals surface area contributed by atoms with Gasteiger partial charge in [0.1, 0.15) is 11.9 Å². The molecule has 0 aliphatic carbocycles. The molecule has 0 aromatic heterocycles. The zero-order valence-corrected chi connectivity index (χ0v) is 10.6. The van der Waals surface area contributed by atoms with Gasteiger partial charge in [-0.3, -0.25) is 9.59 Å². The molecule has 0 spiro atoms. The summed E-state index contributed by atoms with van der Waals surface area (Å²) in [4.78, 5) is 35.5. The van der Waals surface area contributed by atoms with Crippen LogP contribution in [0.25, 0.3) is 0 Å². The van der Waals surface area contributed by atoms with Gasteiger partial charge in [0.2, 0.25) is 0 Å². The van der Waals surface area contributed by atoms with Crippen molar-refractivity contribution in [2.24, 2.45) is 0 Å². The molecule has 0 rings (SSSR count). The zero-order chi connectivity index (χ0) is 8.57. The molecule has 0 saturated carbocycles. The molecule has 0 aliphatic heterocycles. The van der Waals surface area contributed by atoms with Crippen molar-refractivity contribution in [1.29, 1.82) is 0 Å². The third-order valence-corrected chi connectivity index (χ3v) is 0.192. The zero-order valence-electron chi connectivity index (χ0n) is 6.60. The van der Waals surface area contributed by atoms with Crippen LogP contribution in [-0.4, -0.2) is 24.5 Å². The Kier molecular flexibility index (Phi) is 33.0. The molecule has 0 bridgehead atoms. The van der Waals surface area contributed by atoms with Gasteiger partial charge in [0.25, 0.3) is 0 Å². The van der Waals surface area contributed by atoms with Gasteiger partial charge in [-0.15, -0.1) is 0 Å². The molecule has 0 aliphatic rings. The van der Waals surface area contributed by atoms with E-state index >= 15 is 0 Å². The number of carbonyl (C=O) groups excluding carboxylic acids is 4. The number of hydrogen-bond acceptors (Lipinski definition) is 6. The molecule has 56 valence electrons. The summed E-state index contributed by atoms with van der Waals surface area (Å²) in [7, 11) is 0. The Morgan fingerprint density at radius 2 is 0.917 bits per heavy atom. The maximum atomic E-state index is 8.89. The first-order chi connectivity index (χ1) is 4.54. The van der Waals surface area contributed by atoms with Crippen LogP contribution in [0.1, 0.15) is 0 Å². The minimum absolute atomic E-state index is 0. The minimum atomic E-state index is -1.68. The molecular formula is C4H2Na2O6. The van der Waals surface area contributed by atoms with Gasteiger partial charge in [0.15, 0.2) is 12.6 Å². The average molecular weight is 192 g/mol. The van der Waals surface area contributed by atoms with Gasteiger partial charge in [-0.05, 0) is 0 Å². The van der Waals surface area contributed by atoms with E-state index in [9.17, 15) is 0 Å². The van der Waals surface area contributed by atoms with Crippen molar-refractivity contribution in [3.63, 3.8) is 0 Å². The van der Waals surface area contributed by atoms with Crippen LogP contribution in [0.4, 0.5) is 0 Å². The Labute approximate surface area is 112 Å². The maximum absolute atomic E-state index is 8.89. The molecule has 0 aromatic rings. The molecule has 8 heteroatoms. The molecule has 0 atom stereocenters. The first-order valence-corrected chi connectivity index (χ1v) is 1.87.